The van der Waals surface area contributed by atoms with Crippen LogP contribution < -0.4 is 4.74 Å². The number of carbonyl (C=O) groups excluding carboxylic acids is 1. The Morgan fingerprint density at radius 3 is 2.73 bits per heavy atom. The lowest BCUT2D eigenvalue weighted by Crippen LogP contribution is -2.25. The van der Waals surface area contributed by atoms with Crippen molar-refractivity contribution in [3.63, 3.8) is 0 Å². The van der Waals surface area contributed by atoms with Gasteiger partial charge in [-0.15, -0.1) is 0 Å². The summed E-state index contributed by atoms with van der Waals surface area (Å²) in [7, 11) is 1.30. The van der Waals surface area contributed by atoms with E-state index in [1.54, 1.807) is 32.0 Å². The number of esters is 1. The van der Waals surface area contributed by atoms with E-state index in [9.17, 15) is 9.90 Å². The maximum Gasteiger partial charge on any atom is 0.346 e. The van der Waals surface area contributed by atoms with Gasteiger partial charge in [-0.25, -0.2) is 4.79 Å². The smallest absolute Gasteiger partial charge is 0.346 e. The number of methoxy groups -OCH3 is 1. The molecule has 0 aliphatic heterocycles. The van der Waals surface area contributed by atoms with Gasteiger partial charge in [0.25, 0.3) is 0 Å². The molecule has 4 nitrogen and oxygen atoms in total. The molecule has 0 amide bonds. The van der Waals surface area contributed by atoms with Crippen molar-refractivity contribution in [1.29, 1.82) is 0 Å². The first-order valence-corrected chi connectivity index (χ1v) is 4.59. The minimum absolute atomic E-state index is 0.143. The molecule has 0 aromatic heterocycles. The third kappa shape index (κ3) is 2.62. The van der Waals surface area contributed by atoms with Crippen molar-refractivity contribution >= 4 is 5.97 Å². The molecule has 0 spiro atoms. The van der Waals surface area contributed by atoms with Crippen molar-refractivity contribution in [3.05, 3.63) is 23.8 Å². The molecule has 0 heterocycles. The summed E-state index contributed by atoms with van der Waals surface area (Å²) in [6.07, 6.45) is -0.685. The van der Waals surface area contributed by atoms with Crippen LogP contribution in [0.15, 0.2) is 18.2 Å². The SMILES string of the molecule is COC(=O)C(C)Oc1cccc(O)c1C. The summed E-state index contributed by atoms with van der Waals surface area (Å²) >= 11 is 0. The van der Waals surface area contributed by atoms with Crippen molar-refractivity contribution in [2.24, 2.45) is 0 Å². The predicted octanol–water partition coefficient (Wildman–Crippen LogP) is 1.64. The standard InChI is InChI=1S/C11H14O4/c1-7-9(12)5-4-6-10(7)15-8(2)11(13)14-3/h4-6,8,12H,1-3H3. The van der Waals surface area contributed by atoms with Crippen molar-refractivity contribution in [1.82, 2.24) is 0 Å². The molecule has 82 valence electrons. The predicted molar refractivity (Wildman–Crippen MR) is 54.9 cm³/mol. The zero-order valence-electron chi connectivity index (χ0n) is 8.98. The lowest BCUT2D eigenvalue weighted by molar-refractivity contribution is -0.147. The maximum absolute atomic E-state index is 11.1. The number of aromatic hydroxyl groups is 1. The Hall–Kier alpha value is -1.71. The molecule has 1 N–H and O–H groups in total. The van der Waals surface area contributed by atoms with Crippen LogP contribution in [0.1, 0.15) is 12.5 Å². The monoisotopic (exact) mass is 210 g/mol. The van der Waals surface area contributed by atoms with Gasteiger partial charge in [0.2, 0.25) is 0 Å². The number of benzene rings is 1. The second-order valence-corrected chi connectivity index (χ2v) is 3.18. The fourth-order valence-electron chi connectivity index (χ4n) is 1.14. The number of carbonyl (C=O) groups is 1. The molecule has 0 bridgehead atoms. The van der Waals surface area contributed by atoms with E-state index in [4.69, 9.17) is 4.74 Å². The van der Waals surface area contributed by atoms with E-state index >= 15 is 0 Å². The van der Waals surface area contributed by atoms with Gasteiger partial charge in [0, 0.05) is 5.56 Å². The van der Waals surface area contributed by atoms with Gasteiger partial charge in [-0.05, 0) is 26.0 Å². The summed E-state index contributed by atoms with van der Waals surface area (Å²) in [6.45, 7) is 3.31. The quantitative estimate of drug-likeness (QED) is 0.770. The number of phenols is 1. The summed E-state index contributed by atoms with van der Waals surface area (Å²) < 4.78 is 9.87. The van der Waals surface area contributed by atoms with Gasteiger partial charge in [-0.2, -0.15) is 0 Å². The van der Waals surface area contributed by atoms with E-state index in [2.05, 4.69) is 4.74 Å². The number of hydrogen-bond donors (Lipinski definition) is 1. The van der Waals surface area contributed by atoms with Crippen molar-refractivity contribution in [2.75, 3.05) is 7.11 Å². The summed E-state index contributed by atoms with van der Waals surface area (Å²) in [5.41, 5.74) is 0.605. The third-order valence-corrected chi connectivity index (χ3v) is 2.09. The molecule has 1 rings (SSSR count). The first-order valence-electron chi connectivity index (χ1n) is 4.59. The molecule has 0 radical (unpaired) electrons. The molecule has 1 aromatic rings. The summed E-state index contributed by atoms with van der Waals surface area (Å²) in [6, 6.07) is 4.90. The molecule has 0 fully saturated rings. The highest BCUT2D eigenvalue weighted by atomic mass is 16.6. The Kier molecular flexibility index (Phi) is 3.55. The van der Waals surface area contributed by atoms with Crippen molar-refractivity contribution in [3.8, 4) is 11.5 Å². The molecule has 1 aromatic carbocycles. The Labute approximate surface area is 88.4 Å². The highest BCUT2D eigenvalue weighted by molar-refractivity contribution is 5.74. The summed E-state index contributed by atoms with van der Waals surface area (Å²) in [5.74, 6) is 0.176. The molecule has 4 heteroatoms. The Morgan fingerprint density at radius 1 is 1.47 bits per heavy atom. The topological polar surface area (TPSA) is 55.8 Å². The van der Waals surface area contributed by atoms with Crippen LogP contribution >= 0.6 is 0 Å². The second kappa shape index (κ2) is 4.68. The normalized spacial score (nSPS) is 11.9. The molecule has 0 saturated carbocycles. The van der Waals surface area contributed by atoms with Crippen LogP contribution in [-0.4, -0.2) is 24.3 Å². The molecule has 15 heavy (non-hydrogen) atoms. The second-order valence-electron chi connectivity index (χ2n) is 3.18. The number of rotatable bonds is 3. The fraction of sp³-hybridized carbons (Fsp3) is 0.364. The third-order valence-electron chi connectivity index (χ3n) is 2.09. The summed E-state index contributed by atoms with van der Waals surface area (Å²) in [4.78, 5) is 11.1. The first-order chi connectivity index (χ1) is 7.06. The molecule has 1 atom stereocenters. The average Bonchev–Trinajstić information content (AvgIpc) is 2.23. The molecular formula is C11H14O4. The van der Waals surface area contributed by atoms with E-state index in [1.165, 1.54) is 7.11 Å². The average molecular weight is 210 g/mol. The van der Waals surface area contributed by atoms with Gasteiger partial charge >= 0.3 is 5.97 Å². The van der Waals surface area contributed by atoms with Crippen LogP contribution in [0.4, 0.5) is 0 Å². The molecule has 0 saturated heterocycles. The van der Waals surface area contributed by atoms with Gasteiger partial charge in [0.15, 0.2) is 6.10 Å². The van der Waals surface area contributed by atoms with Gasteiger partial charge < -0.3 is 14.6 Å². The maximum atomic E-state index is 11.1. The lowest BCUT2D eigenvalue weighted by atomic mass is 10.2. The number of phenolic OH excluding ortho intramolecular Hbond substituents is 1. The van der Waals surface area contributed by atoms with Crippen LogP contribution in [0.2, 0.25) is 0 Å². The molecular weight excluding hydrogens is 196 g/mol. The van der Waals surface area contributed by atoms with E-state index in [0.717, 1.165) is 0 Å². The van der Waals surface area contributed by atoms with Crippen LogP contribution in [-0.2, 0) is 9.53 Å². The highest BCUT2D eigenvalue weighted by Gasteiger charge is 2.16. The van der Waals surface area contributed by atoms with Gasteiger partial charge in [0.1, 0.15) is 11.5 Å². The van der Waals surface area contributed by atoms with Crippen LogP contribution in [0.25, 0.3) is 0 Å². The van der Waals surface area contributed by atoms with Gasteiger partial charge in [0.05, 0.1) is 7.11 Å². The van der Waals surface area contributed by atoms with Gasteiger partial charge in [-0.1, -0.05) is 6.07 Å². The number of ether oxygens (including phenoxy) is 2. The van der Waals surface area contributed by atoms with E-state index < -0.39 is 12.1 Å². The minimum atomic E-state index is -0.685. The van der Waals surface area contributed by atoms with E-state index in [0.29, 0.717) is 11.3 Å². The van der Waals surface area contributed by atoms with Crippen LogP contribution in [0.5, 0.6) is 11.5 Å². The van der Waals surface area contributed by atoms with E-state index in [1.807, 2.05) is 0 Å². The fourth-order valence-corrected chi connectivity index (χ4v) is 1.14. The Balaban J connectivity index is 2.81. The Bertz CT molecular complexity index is 360. The van der Waals surface area contributed by atoms with Crippen molar-refractivity contribution < 1.29 is 19.4 Å². The first kappa shape index (κ1) is 11.4. The minimum Gasteiger partial charge on any atom is -0.508 e. The highest BCUT2D eigenvalue weighted by Crippen LogP contribution is 2.26. The summed E-state index contributed by atoms with van der Waals surface area (Å²) in [5, 5.41) is 9.41. The molecule has 1 unspecified atom stereocenters. The van der Waals surface area contributed by atoms with Gasteiger partial charge in [-0.3, -0.25) is 0 Å². The number of hydrogen-bond acceptors (Lipinski definition) is 4. The largest absolute Gasteiger partial charge is 0.508 e. The van der Waals surface area contributed by atoms with E-state index in [-0.39, 0.29) is 5.75 Å². The van der Waals surface area contributed by atoms with Crippen LogP contribution in [0, 0.1) is 6.92 Å². The van der Waals surface area contributed by atoms with Crippen LogP contribution in [0.3, 0.4) is 0 Å². The van der Waals surface area contributed by atoms with Crippen molar-refractivity contribution in [2.45, 2.75) is 20.0 Å². The molecule has 0 aliphatic rings. The Morgan fingerprint density at radius 2 is 2.13 bits per heavy atom. The zero-order valence-corrected chi connectivity index (χ0v) is 8.98. The lowest BCUT2D eigenvalue weighted by Gasteiger charge is -2.14. The molecule has 0 aliphatic carbocycles. The zero-order chi connectivity index (χ0) is 11.4.